The van der Waals surface area contributed by atoms with Crippen molar-refractivity contribution in [3.63, 3.8) is 0 Å². The van der Waals surface area contributed by atoms with E-state index in [0.29, 0.717) is 18.4 Å². The largest absolute Gasteiger partial charge is 0.489 e. The third-order valence-electron chi connectivity index (χ3n) is 5.52. The van der Waals surface area contributed by atoms with Crippen molar-refractivity contribution in [2.75, 3.05) is 0 Å². The average Bonchev–Trinajstić information content (AvgIpc) is 3.03. The zero-order chi connectivity index (χ0) is 20.8. The van der Waals surface area contributed by atoms with Gasteiger partial charge in [0.25, 0.3) is 10.1 Å². The summed E-state index contributed by atoms with van der Waals surface area (Å²) < 4.78 is 39.5. The second-order valence-corrected chi connectivity index (χ2v) is 9.18. The fraction of sp³-hybridized carbons (Fsp3) is 0.250. The van der Waals surface area contributed by atoms with E-state index < -0.39 is 10.1 Å². The predicted molar refractivity (Wildman–Crippen MR) is 114 cm³/mol. The molecule has 3 aromatic rings. The van der Waals surface area contributed by atoms with E-state index in [-0.39, 0.29) is 11.0 Å². The van der Waals surface area contributed by atoms with Gasteiger partial charge in [-0.3, -0.25) is 4.55 Å². The lowest BCUT2D eigenvalue weighted by molar-refractivity contribution is 0.233. The maximum atomic E-state index is 11.8. The molecular formula is C24H24O4S. The monoisotopic (exact) mass is 408 g/mol. The Labute approximate surface area is 171 Å². The van der Waals surface area contributed by atoms with Gasteiger partial charge < -0.3 is 4.74 Å². The molecule has 0 aromatic heterocycles. The molecule has 29 heavy (non-hydrogen) atoms. The van der Waals surface area contributed by atoms with E-state index in [2.05, 4.69) is 44.2 Å². The lowest BCUT2D eigenvalue weighted by atomic mass is 9.93. The van der Waals surface area contributed by atoms with Crippen LogP contribution in [0.2, 0.25) is 0 Å². The Morgan fingerprint density at radius 1 is 1.00 bits per heavy atom. The number of aryl methyl sites for hydroxylation is 3. The van der Waals surface area contributed by atoms with Crippen molar-refractivity contribution >= 4 is 10.1 Å². The fourth-order valence-electron chi connectivity index (χ4n) is 4.25. The molecule has 4 nitrogen and oxygen atoms in total. The van der Waals surface area contributed by atoms with Gasteiger partial charge in [0.1, 0.15) is 11.9 Å². The summed E-state index contributed by atoms with van der Waals surface area (Å²) in [5, 5.41) is 0. The molecule has 0 saturated carbocycles. The van der Waals surface area contributed by atoms with Gasteiger partial charge in [0.05, 0.1) is 4.90 Å². The Morgan fingerprint density at radius 2 is 1.69 bits per heavy atom. The van der Waals surface area contributed by atoms with Crippen LogP contribution in [0.25, 0.3) is 11.1 Å². The van der Waals surface area contributed by atoms with Crippen LogP contribution in [-0.4, -0.2) is 19.1 Å². The van der Waals surface area contributed by atoms with E-state index in [0.717, 1.165) is 22.4 Å². The number of para-hydroxylation sites is 1. The van der Waals surface area contributed by atoms with Gasteiger partial charge >= 0.3 is 0 Å². The molecule has 0 bridgehead atoms. The van der Waals surface area contributed by atoms with Gasteiger partial charge in [0.2, 0.25) is 0 Å². The smallest absolute Gasteiger partial charge is 0.294 e. The molecular weight excluding hydrogens is 384 g/mol. The Hall–Kier alpha value is -2.63. The highest BCUT2D eigenvalue weighted by atomic mass is 32.2. The van der Waals surface area contributed by atoms with Gasteiger partial charge in [-0.2, -0.15) is 8.42 Å². The number of hydrogen-bond acceptors (Lipinski definition) is 3. The second-order valence-electron chi connectivity index (χ2n) is 7.79. The molecule has 4 rings (SSSR count). The number of benzene rings is 3. The summed E-state index contributed by atoms with van der Waals surface area (Å²) in [5.41, 5.74) is 7.28. The summed E-state index contributed by atoms with van der Waals surface area (Å²) >= 11 is 0. The van der Waals surface area contributed by atoms with Crippen LogP contribution in [0.3, 0.4) is 0 Å². The normalized spacial score (nSPS) is 15.8. The molecule has 0 aliphatic carbocycles. The molecule has 1 unspecified atom stereocenters. The molecule has 0 spiro atoms. The molecule has 5 heteroatoms. The second kappa shape index (κ2) is 7.32. The first-order valence-corrected chi connectivity index (χ1v) is 11.1. The number of rotatable bonds is 4. The van der Waals surface area contributed by atoms with Gasteiger partial charge in [-0.1, -0.05) is 54.1 Å². The molecule has 1 aliphatic rings. The van der Waals surface area contributed by atoms with Crippen LogP contribution in [0.1, 0.15) is 27.8 Å². The third kappa shape index (κ3) is 3.80. The molecule has 1 heterocycles. The van der Waals surface area contributed by atoms with Crippen molar-refractivity contribution in [3.8, 4) is 16.9 Å². The van der Waals surface area contributed by atoms with E-state index >= 15 is 0 Å². The lowest BCUT2D eigenvalue weighted by Crippen LogP contribution is -2.18. The van der Waals surface area contributed by atoms with Crippen LogP contribution in [-0.2, 0) is 23.0 Å². The van der Waals surface area contributed by atoms with Crippen molar-refractivity contribution in [3.05, 3.63) is 82.4 Å². The fourth-order valence-corrected chi connectivity index (χ4v) is 4.97. The van der Waals surface area contributed by atoms with Crippen LogP contribution in [0.5, 0.6) is 5.75 Å². The highest BCUT2D eigenvalue weighted by Crippen LogP contribution is 2.42. The maximum Gasteiger partial charge on any atom is 0.294 e. The van der Waals surface area contributed by atoms with Gasteiger partial charge in [-0.05, 0) is 54.7 Å². The molecule has 0 amide bonds. The minimum atomic E-state index is -4.28. The number of ether oxygens (including phenoxy) is 1. The predicted octanol–water partition coefficient (Wildman–Crippen LogP) is 5.07. The van der Waals surface area contributed by atoms with Gasteiger partial charge in [-0.25, -0.2) is 0 Å². The van der Waals surface area contributed by atoms with Crippen molar-refractivity contribution in [1.29, 1.82) is 0 Å². The Bertz CT molecular complexity index is 1180. The molecule has 150 valence electrons. The van der Waals surface area contributed by atoms with Crippen LogP contribution < -0.4 is 4.74 Å². The van der Waals surface area contributed by atoms with Crippen LogP contribution >= 0.6 is 0 Å². The summed E-state index contributed by atoms with van der Waals surface area (Å²) in [4.78, 5) is -0.0439. The van der Waals surface area contributed by atoms with E-state index in [1.807, 2.05) is 19.1 Å². The van der Waals surface area contributed by atoms with Crippen molar-refractivity contribution in [2.45, 2.75) is 44.6 Å². The highest BCUT2D eigenvalue weighted by Gasteiger charge is 2.28. The van der Waals surface area contributed by atoms with E-state index in [1.165, 1.54) is 22.8 Å². The summed E-state index contributed by atoms with van der Waals surface area (Å²) in [6.45, 7) is 6.10. The SMILES string of the molecule is Cc1ccc(S(=O)(=O)O)c(CC2Cc3cccc(-c4c(C)cccc4C)c3O2)c1. The Morgan fingerprint density at radius 3 is 2.38 bits per heavy atom. The summed E-state index contributed by atoms with van der Waals surface area (Å²) in [6, 6.07) is 17.4. The molecule has 3 aromatic carbocycles. The Kier molecular flexibility index (Phi) is 4.97. The molecule has 1 atom stereocenters. The first kappa shape index (κ1) is 19.7. The summed E-state index contributed by atoms with van der Waals surface area (Å²) in [5.74, 6) is 0.871. The molecule has 0 fully saturated rings. The topological polar surface area (TPSA) is 63.6 Å². The molecule has 1 N–H and O–H groups in total. The molecule has 0 saturated heterocycles. The zero-order valence-corrected chi connectivity index (χ0v) is 17.6. The third-order valence-corrected chi connectivity index (χ3v) is 6.47. The Balaban J connectivity index is 1.69. The van der Waals surface area contributed by atoms with Crippen molar-refractivity contribution < 1.29 is 17.7 Å². The summed E-state index contributed by atoms with van der Waals surface area (Å²) in [6.07, 6.45) is 0.933. The van der Waals surface area contributed by atoms with Crippen molar-refractivity contribution in [2.24, 2.45) is 0 Å². The number of hydrogen-bond donors (Lipinski definition) is 1. The minimum Gasteiger partial charge on any atom is -0.489 e. The summed E-state index contributed by atoms with van der Waals surface area (Å²) in [7, 11) is -4.28. The highest BCUT2D eigenvalue weighted by molar-refractivity contribution is 7.85. The van der Waals surface area contributed by atoms with Gasteiger partial charge in [0, 0.05) is 18.4 Å². The van der Waals surface area contributed by atoms with Crippen LogP contribution in [0, 0.1) is 20.8 Å². The first-order valence-electron chi connectivity index (χ1n) is 9.66. The first-order chi connectivity index (χ1) is 13.7. The molecule has 1 aliphatic heterocycles. The van der Waals surface area contributed by atoms with E-state index in [1.54, 1.807) is 6.07 Å². The van der Waals surface area contributed by atoms with Gasteiger partial charge in [0.15, 0.2) is 0 Å². The van der Waals surface area contributed by atoms with Gasteiger partial charge in [-0.15, -0.1) is 0 Å². The van der Waals surface area contributed by atoms with Crippen LogP contribution in [0.4, 0.5) is 0 Å². The maximum absolute atomic E-state index is 11.8. The van der Waals surface area contributed by atoms with Crippen LogP contribution in [0.15, 0.2) is 59.5 Å². The average molecular weight is 409 g/mol. The quantitative estimate of drug-likeness (QED) is 0.612. The van der Waals surface area contributed by atoms with E-state index in [9.17, 15) is 13.0 Å². The lowest BCUT2D eigenvalue weighted by Gasteiger charge is -2.16. The minimum absolute atomic E-state index is 0.0439. The van der Waals surface area contributed by atoms with E-state index in [4.69, 9.17) is 4.74 Å². The van der Waals surface area contributed by atoms with Crippen molar-refractivity contribution in [1.82, 2.24) is 0 Å². The molecule has 0 radical (unpaired) electrons. The number of fused-ring (bicyclic) bond motifs is 1. The zero-order valence-electron chi connectivity index (χ0n) is 16.8. The standard InChI is InChI=1S/C24H24O4S/c1-15-10-11-22(29(25,26)27)19(12-15)14-20-13-18-8-5-9-21(24(18)28-20)23-16(2)6-4-7-17(23)3/h4-12,20H,13-14H2,1-3H3,(H,25,26,27).